The van der Waals surface area contributed by atoms with E-state index in [0.29, 0.717) is 26.7 Å². The van der Waals surface area contributed by atoms with Crippen molar-refractivity contribution in [3.8, 4) is 0 Å². The van der Waals surface area contributed by atoms with Gasteiger partial charge in [-0.3, -0.25) is 0 Å². The van der Waals surface area contributed by atoms with Crippen LogP contribution in [0.2, 0.25) is 15.1 Å². The van der Waals surface area contributed by atoms with Crippen molar-refractivity contribution in [3.05, 3.63) is 62.6 Å². The highest BCUT2D eigenvalue weighted by Crippen LogP contribution is 2.22. The number of aryl methyl sites for hydroxylation is 1. The summed E-state index contributed by atoms with van der Waals surface area (Å²) in [7, 11) is 0. The maximum atomic E-state index is 5.99. The lowest BCUT2D eigenvalue weighted by molar-refractivity contribution is 0.873. The Morgan fingerprint density at radius 1 is 1.05 bits per heavy atom. The summed E-state index contributed by atoms with van der Waals surface area (Å²) in [6, 6.07) is 11.2. The molecule has 0 atom stereocenters. The molecule has 0 aliphatic carbocycles. The molecule has 116 valence electrons. The topological polar surface area (TPSA) is 24.1 Å². The Morgan fingerprint density at radius 3 is 2.50 bits per heavy atom. The van der Waals surface area contributed by atoms with Crippen molar-refractivity contribution in [1.29, 1.82) is 0 Å². The third kappa shape index (κ3) is 5.03. The number of anilines is 1. The van der Waals surface area contributed by atoms with Gasteiger partial charge in [0.15, 0.2) is 5.11 Å². The van der Waals surface area contributed by atoms with Gasteiger partial charge in [-0.2, -0.15) is 0 Å². The standard InChI is InChI=1S/C16H15Cl3N2S/c1-10-8-12(17)3-5-15(10)21-16(22)20-7-6-11-2-4-13(18)14(19)9-11/h2-5,8-9H,6-7H2,1H3,(H2,20,21,22). The molecule has 0 unspecified atom stereocenters. The zero-order valence-electron chi connectivity index (χ0n) is 11.9. The van der Waals surface area contributed by atoms with E-state index in [-0.39, 0.29) is 0 Å². The molecule has 0 fully saturated rings. The first-order chi connectivity index (χ1) is 10.5. The van der Waals surface area contributed by atoms with Crippen LogP contribution < -0.4 is 10.6 Å². The molecule has 0 saturated carbocycles. The fourth-order valence-corrected chi connectivity index (χ4v) is 2.71. The predicted molar refractivity (Wildman–Crippen MR) is 101 cm³/mol. The van der Waals surface area contributed by atoms with Crippen molar-refractivity contribution in [3.63, 3.8) is 0 Å². The van der Waals surface area contributed by atoms with Gasteiger partial charge in [0, 0.05) is 17.3 Å². The summed E-state index contributed by atoms with van der Waals surface area (Å²) in [5.74, 6) is 0. The lowest BCUT2D eigenvalue weighted by Crippen LogP contribution is -2.30. The molecule has 0 radical (unpaired) electrons. The van der Waals surface area contributed by atoms with Crippen LogP contribution in [0.3, 0.4) is 0 Å². The number of thiocarbonyl (C=S) groups is 1. The van der Waals surface area contributed by atoms with Gasteiger partial charge in [-0.25, -0.2) is 0 Å². The molecule has 0 aliphatic heterocycles. The highest BCUT2D eigenvalue weighted by atomic mass is 35.5. The molecule has 0 heterocycles. The first-order valence-electron chi connectivity index (χ1n) is 6.70. The maximum absolute atomic E-state index is 5.99. The second-order valence-corrected chi connectivity index (χ2v) is 6.50. The SMILES string of the molecule is Cc1cc(Cl)ccc1NC(=S)NCCc1ccc(Cl)c(Cl)c1. The first kappa shape index (κ1) is 17.4. The first-order valence-corrected chi connectivity index (χ1v) is 8.25. The van der Waals surface area contributed by atoms with Crippen molar-refractivity contribution in [2.75, 3.05) is 11.9 Å². The molecule has 0 aliphatic rings. The van der Waals surface area contributed by atoms with E-state index in [1.165, 1.54) is 0 Å². The minimum Gasteiger partial charge on any atom is -0.362 e. The van der Waals surface area contributed by atoms with Crippen LogP contribution in [0.25, 0.3) is 0 Å². The largest absolute Gasteiger partial charge is 0.362 e. The van der Waals surface area contributed by atoms with Gasteiger partial charge in [-0.1, -0.05) is 40.9 Å². The quantitative estimate of drug-likeness (QED) is 0.693. The van der Waals surface area contributed by atoms with Crippen LogP contribution >= 0.6 is 47.0 Å². The molecule has 0 saturated heterocycles. The summed E-state index contributed by atoms with van der Waals surface area (Å²) in [5, 5.41) is 8.74. The van der Waals surface area contributed by atoms with Crippen LogP contribution in [0.1, 0.15) is 11.1 Å². The van der Waals surface area contributed by atoms with Crippen LogP contribution in [0.5, 0.6) is 0 Å². The molecular formula is C16H15Cl3N2S. The number of nitrogens with one attached hydrogen (secondary N) is 2. The van der Waals surface area contributed by atoms with Crippen molar-refractivity contribution >= 4 is 57.8 Å². The molecule has 2 nitrogen and oxygen atoms in total. The molecule has 0 spiro atoms. The van der Waals surface area contributed by atoms with Gasteiger partial charge >= 0.3 is 0 Å². The van der Waals surface area contributed by atoms with E-state index in [1.807, 2.05) is 37.3 Å². The van der Waals surface area contributed by atoms with Gasteiger partial charge in [0.2, 0.25) is 0 Å². The molecule has 2 N–H and O–H groups in total. The Morgan fingerprint density at radius 2 is 1.82 bits per heavy atom. The van der Waals surface area contributed by atoms with Crippen molar-refractivity contribution < 1.29 is 0 Å². The van der Waals surface area contributed by atoms with Gasteiger partial charge in [-0.15, -0.1) is 0 Å². The summed E-state index contributed by atoms with van der Waals surface area (Å²) in [5.41, 5.74) is 3.09. The third-order valence-electron chi connectivity index (χ3n) is 3.12. The van der Waals surface area contributed by atoms with Gasteiger partial charge in [0.25, 0.3) is 0 Å². The lowest BCUT2D eigenvalue weighted by atomic mass is 10.1. The monoisotopic (exact) mass is 372 g/mol. The van der Waals surface area contributed by atoms with Crippen molar-refractivity contribution in [1.82, 2.24) is 5.32 Å². The minimum atomic E-state index is 0.564. The Kier molecular flexibility index (Phi) is 6.33. The molecular weight excluding hydrogens is 359 g/mol. The average molecular weight is 374 g/mol. The van der Waals surface area contributed by atoms with E-state index >= 15 is 0 Å². The maximum Gasteiger partial charge on any atom is 0.170 e. The molecule has 0 amide bonds. The van der Waals surface area contributed by atoms with Crippen molar-refractivity contribution in [2.24, 2.45) is 0 Å². The van der Waals surface area contributed by atoms with Crippen LogP contribution in [0, 0.1) is 6.92 Å². The summed E-state index contributed by atoms with van der Waals surface area (Å²) < 4.78 is 0. The van der Waals surface area contributed by atoms with Crippen LogP contribution in [0.15, 0.2) is 36.4 Å². The Bertz CT molecular complexity index is 689. The normalized spacial score (nSPS) is 10.4. The zero-order valence-corrected chi connectivity index (χ0v) is 15.0. The van der Waals surface area contributed by atoms with E-state index in [1.54, 1.807) is 6.07 Å². The molecule has 0 bridgehead atoms. The summed E-state index contributed by atoms with van der Waals surface area (Å²) in [6.07, 6.45) is 0.804. The molecule has 22 heavy (non-hydrogen) atoms. The van der Waals surface area contributed by atoms with Gasteiger partial charge < -0.3 is 10.6 Å². The second kappa shape index (κ2) is 8.02. The Labute approximate surface area is 150 Å². The molecule has 2 rings (SSSR count). The number of hydrogen-bond donors (Lipinski definition) is 2. The number of hydrogen-bond acceptors (Lipinski definition) is 1. The van der Waals surface area contributed by atoms with Crippen LogP contribution in [0.4, 0.5) is 5.69 Å². The zero-order chi connectivity index (χ0) is 16.1. The van der Waals surface area contributed by atoms with Crippen molar-refractivity contribution in [2.45, 2.75) is 13.3 Å². The molecule has 2 aromatic rings. The highest BCUT2D eigenvalue weighted by Gasteiger charge is 2.03. The summed E-state index contributed by atoms with van der Waals surface area (Å²) in [6.45, 7) is 2.68. The summed E-state index contributed by atoms with van der Waals surface area (Å²) in [4.78, 5) is 0. The van der Waals surface area contributed by atoms with E-state index in [2.05, 4.69) is 10.6 Å². The minimum absolute atomic E-state index is 0.564. The van der Waals surface area contributed by atoms with Crippen LogP contribution in [-0.2, 0) is 6.42 Å². The van der Waals surface area contributed by atoms with Gasteiger partial charge in [0.1, 0.15) is 0 Å². The molecule has 6 heteroatoms. The summed E-state index contributed by atoms with van der Waals surface area (Å²) >= 11 is 23.1. The van der Waals surface area contributed by atoms with Crippen LogP contribution in [-0.4, -0.2) is 11.7 Å². The molecule has 2 aromatic carbocycles. The fraction of sp³-hybridized carbons (Fsp3) is 0.188. The highest BCUT2D eigenvalue weighted by molar-refractivity contribution is 7.80. The number of rotatable bonds is 4. The van der Waals surface area contributed by atoms with Gasteiger partial charge in [0.05, 0.1) is 10.0 Å². The molecule has 0 aromatic heterocycles. The van der Waals surface area contributed by atoms with E-state index in [0.717, 1.165) is 23.2 Å². The van der Waals surface area contributed by atoms with Gasteiger partial charge in [-0.05, 0) is 67.0 Å². The Hall–Kier alpha value is -1.000. The third-order valence-corrected chi connectivity index (χ3v) is 4.34. The fourth-order valence-electron chi connectivity index (χ4n) is 1.95. The number of halogens is 3. The second-order valence-electron chi connectivity index (χ2n) is 4.84. The number of benzene rings is 2. The lowest BCUT2D eigenvalue weighted by Gasteiger charge is -2.13. The van der Waals surface area contributed by atoms with E-state index in [4.69, 9.17) is 47.0 Å². The van der Waals surface area contributed by atoms with E-state index < -0.39 is 0 Å². The smallest absolute Gasteiger partial charge is 0.170 e. The predicted octanol–water partition coefficient (Wildman–Crippen LogP) is 5.48. The Balaban J connectivity index is 1.83. The van der Waals surface area contributed by atoms with E-state index in [9.17, 15) is 0 Å². The average Bonchev–Trinajstić information content (AvgIpc) is 2.46.